The monoisotopic (exact) mass is 454 g/mol. The fourth-order valence-corrected chi connectivity index (χ4v) is 3.47. The van der Waals surface area contributed by atoms with Crippen LogP contribution in [0.3, 0.4) is 0 Å². The van der Waals surface area contributed by atoms with Gasteiger partial charge in [0.15, 0.2) is 0 Å². The molecule has 0 amide bonds. The van der Waals surface area contributed by atoms with Gasteiger partial charge in [-0.3, -0.25) is 25.0 Å². The normalized spacial score (nSPS) is 10.9. The van der Waals surface area contributed by atoms with Crippen LogP contribution in [0.15, 0.2) is 41.3 Å². The molecule has 0 fully saturated rings. The third kappa shape index (κ3) is 5.86. The Morgan fingerprint density at radius 3 is 2.39 bits per heavy atom. The zero-order valence-electron chi connectivity index (χ0n) is 16.4. The minimum absolute atomic E-state index is 0.120. The fraction of sp³-hybridized carbons (Fsp3) is 0.235. The Balaban J connectivity index is 2.06. The molecule has 2 aromatic carbocycles. The Labute approximate surface area is 176 Å². The standard InChI is InChI=1S/C17H18N4O9S/c1-18-14-5-4-13(8-15(14)21(25)26)31(27,28)19-9-17(22)30-10-11-7-12(20(23)24)3-6-16(11)29-2/h3-8,18-19H,9-10H2,1-2H3. The third-order valence-electron chi connectivity index (χ3n) is 4.02. The molecular formula is C17H18N4O9S. The number of carbonyl (C=O) groups excluding carboxylic acids is 1. The van der Waals surface area contributed by atoms with Gasteiger partial charge < -0.3 is 14.8 Å². The Bertz CT molecular complexity index is 1120. The van der Waals surface area contributed by atoms with Crippen molar-refractivity contribution >= 4 is 33.1 Å². The van der Waals surface area contributed by atoms with Crippen LogP contribution in [0.2, 0.25) is 0 Å². The average molecular weight is 454 g/mol. The lowest BCUT2D eigenvalue weighted by atomic mass is 10.2. The van der Waals surface area contributed by atoms with E-state index in [9.17, 15) is 33.4 Å². The molecule has 0 atom stereocenters. The Hall–Kier alpha value is -3.78. The fourth-order valence-electron chi connectivity index (χ4n) is 2.48. The minimum Gasteiger partial charge on any atom is -0.496 e. The molecule has 0 heterocycles. The lowest BCUT2D eigenvalue weighted by Crippen LogP contribution is -2.30. The first kappa shape index (κ1) is 23.5. The summed E-state index contributed by atoms with van der Waals surface area (Å²) >= 11 is 0. The molecule has 2 N–H and O–H groups in total. The van der Waals surface area contributed by atoms with Crippen LogP contribution in [0.5, 0.6) is 5.75 Å². The molecule has 14 heteroatoms. The van der Waals surface area contributed by atoms with E-state index in [2.05, 4.69) is 5.32 Å². The highest BCUT2D eigenvalue weighted by molar-refractivity contribution is 7.89. The van der Waals surface area contributed by atoms with Crippen LogP contribution >= 0.6 is 0 Å². The van der Waals surface area contributed by atoms with Crippen LogP contribution in [-0.2, 0) is 26.2 Å². The number of nitrogens with one attached hydrogen (secondary N) is 2. The van der Waals surface area contributed by atoms with Crippen molar-refractivity contribution in [2.24, 2.45) is 0 Å². The highest BCUT2D eigenvalue weighted by atomic mass is 32.2. The molecule has 0 saturated carbocycles. The summed E-state index contributed by atoms with van der Waals surface area (Å²) in [6.07, 6.45) is 0. The van der Waals surface area contributed by atoms with Gasteiger partial charge in [0.25, 0.3) is 11.4 Å². The molecule has 31 heavy (non-hydrogen) atoms. The number of nitro groups is 2. The van der Waals surface area contributed by atoms with E-state index in [0.717, 1.165) is 12.1 Å². The molecule has 2 aromatic rings. The van der Waals surface area contributed by atoms with E-state index >= 15 is 0 Å². The van der Waals surface area contributed by atoms with E-state index in [0.29, 0.717) is 0 Å². The lowest BCUT2D eigenvalue weighted by Gasteiger charge is -2.10. The summed E-state index contributed by atoms with van der Waals surface area (Å²) in [6.45, 7) is -1.16. The molecule has 0 unspecified atom stereocenters. The number of rotatable bonds is 10. The lowest BCUT2D eigenvalue weighted by molar-refractivity contribution is -0.385. The SMILES string of the molecule is CNc1ccc(S(=O)(=O)NCC(=O)OCc2cc([N+](=O)[O-])ccc2OC)cc1[N+](=O)[O-]. The molecule has 0 bridgehead atoms. The summed E-state index contributed by atoms with van der Waals surface area (Å²) in [7, 11) is -1.47. The summed E-state index contributed by atoms with van der Waals surface area (Å²) in [6, 6.07) is 6.94. The molecule has 13 nitrogen and oxygen atoms in total. The first-order valence-electron chi connectivity index (χ1n) is 8.52. The van der Waals surface area contributed by atoms with Gasteiger partial charge in [-0.1, -0.05) is 0 Å². The molecule has 0 aromatic heterocycles. The summed E-state index contributed by atoms with van der Waals surface area (Å²) in [4.78, 5) is 32.1. The van der Waals surface area contributed by atoms with Gasteiger partial charge in [0.05, 0.1) is 21.9 Å². The van der Waals surface area contributed by atoms with E-state index < -0.39 is 49.6 Å². The van der Waals surface area contributed by atoms with Gasteiger partial charge in [-0.05, 0) is 18.2 Å². The van der Waals surface area contributed by atoms with E-state index in [1.165, 1.54) is 38.4 Å². The number of anilines is 1. The molecule has 0 aliphatic heterocycles. The number of nitro benzene ring substituents is 2. The first-order chi connectivity index (χ1) is 14.6. The Morgan fingerprint density at radius 1 is 1.10 bits per heavy atom. The second kappa shape index (κ2) is 9.82. The van der Waals surface area contributed by atoms with Crippen molar-refractivity contribution in [2.75, 3.05) is 26.0 Å². The molecule has 0 saturated heterocycles. The maximum absolute atomic E-state index is 12.3. The van der Waals surface area contributed by atoms with Crippen molar-refractivity contribution in [2.45, 2.75) is 11.5 Å². The Kier molecular flexibility index (Phi) is 7.44. The third-order valence-corrected chi connectivity index (χ3v) is 5.41. The van der Waals surface area contributed by atoms with Gasteiger partial charge >= 0.3 is 5.97 Å². The Morgan fingerprint density at radius 2 is 1.81 bits per heavy atom. The van der Waals surface area contributed by atoms with Gasteiger partial charge in [-0.15, -0.1) is 0 Å². The number of esters is 1. The topological polar surface area (TPSA) is 180 Å². The number of sulfonamides is 1. The number of benzene rings is 2. The smallest absolute Gasteiger partial charge is 0.321 e. The van der Waals surface area contributed by atoms with Gasteiger partial charge in [0, 0.05) is 30.8 Å². The predicted octanol–water partition coefficient (Wildman–Crippen LogP) is 1.57. The zero-order valence-corrected chi connectivity index (χ0v) is 17.2. The van der Waals surface area contributed by atoms with Crippen LogP contribution < -0.4 is 14.8 Å². The van der Waals surface area contributed by atoms with Gasteiger partial charge in [-0.2, -0.15) is 4.72 Å². The summed E-state index contributed by atoms with van der Waals surface area (Å²) in [5, 5.41) is 24.5. The molecule has 0 aliphatic rings. The molecule has 2 rings (SSSR count). The second-order valence-corrected chi connectivity index (χ2v) is 7.69. The molecular weight excluding hydrogens is 436 g/mol. The van der Waals surface area contributed by atoms with E-state index in [4.69, 9.17) is 9.47 Å². The molecule has 166 valence electrons. The van der Waals surface area contributed by atoms with Crippen LogP contribution in [0.25, 0.3) is 0 Å². The van der Waals surface area contributed by atoms with Crippen molar-refractivity contribution < 1.29 is 32.5 Å². The van der Waals surface area contributed by atoms with Crippen LogP contribution in [-0.4, -0.2) is 44.9 Å². The highest BCUT2D eigenvalue weighted by Crippen LogP contribution is 2.27. The van der Waals surface area contributed by atoms with Crippen molar-refractivity contribution in [3.63, 3.8) is 0 Å². The maximum atomic E-state index is 12.3. The first-order valence-corrected chi connectivity index (χ1v) is 10.00. The van der Waals surface area contributed by atoms with Crippen LogP contribution in [0.1, 0.15) is 5.56 Å². The summed E-state index contributed by atoms with van der Waals surface area (Å²) < 4.78 is 36.7. The van der Waals surface area contributed by atoms with Crippen LogP contribution in [0.4, 0.5) is 17.1 Å². The number of ether oxygens (including phenoxy) is 2. The maximum Gasteiger partial charge on any atom is 0.321 e. The zero-order chi connectivity index (χ0) is 23.2. The van der Waals surface area contributed by atoms with Gasteiger partial charge in [0.2, 0.25) is 10.0 Å². The molecule has 0 radical (unpaired) electrons. The highest BCUT2D eigenvalue weighted by Gasteiger charge is 2.22. The molecule has 0 aliphatic carbocycles. The predicted molar refractivity (Wildman–Crippen MR) is 107 cm³/mol. The van der Waals surface area contributed by atoms with E-state index in [-0.39, 0.29) is 22.7 Å². The average Bonchev–Trinajstić information content (AvgIpc) is 2.75. The van der Waals surface area contributed by atoms with Gasteiger partial charge in [-0.25, -0.2) is 8.42 Å². The molecule has 0 spiro atoms. The van der Waals surface area contributed by atoms with Crippen molar-refractivity contribution in [1.29, 1.82) is 0 Å². The summed E-state index contributed by atoms with van der Waals surface area (Å²) in [5.41, 5.74) is -0.356. The number of non-ortho nitro benzene ring substituents is 1. The number of carbonyl (C=O) groups is 1. The minimum atomic E-state index is -4.25. The van der Waals surface area contributed by atoms with E-state index in [1.54, 1.807) is 0 Å². The second-order valence-electron chi connectivity index (χ2n) is 5.92. The largest absolute Gasteiger partial charge is 0.496 e. The number of methoxy groups -OCH3 is 1. The van der Waals surface area contributed by atoms with E-state index in [1.807, 2.05) is 4.72 Å². The van der Waals surface area contributed by atoms with Crippen molar-refractivity contribution in [3.8, 4) is 5.75 Å². The number of hydrogen-bond donors (Lipinski definition) is 2. The van der Waals surface area contributed by atoms with Crippen LogP contribution in [0, 0.1) is 20.2 Å². The quantitative estimate of drug-likeness (QED) is 0.304. The summed E-state index contributed by atoms with van der Waals surface area (Å²) in [5.74, 6) is -0.727. The van der Waals surface area contributed by atoms with Crippen molar-refractivity contribution in [3.05, 3.63) is 62.2 Å². The van der Waals surface area contributed by atoms with Crippen molar-refractivity contribution in [1.82, 2.24) is 4.72 Å². The number of nitrogens with zero attached hydrogens (tertiary/aromatic N) is 2. The van der Waals surface area contributed by atoms with Gasteiger partial charge in [0.1, 0.15) is 24.6 Å². The number of hydrogen-bond acceptors (Lipinski definition) is 10.